The fraction of sp³-hybridized carbons (Fsp3) is 0.333. The summed E-state index contributed by atoms with van der Waals surface area (Å²) in [5, 5.41) is 1.76. The van der Waals surface area contributed by atoms with Crippen LogP contribution < -0.4 is 9.62 Å². The molecule has 0 saturated carbocycles. The highest BCUT2D eigenvalue weighted by Gasteiger charge is 2.15. The number of anilines is 1. The lowest BCUT2D eigenvalue weighted by molar-refractivity contribution is 0.122. The van der Waals surface area contributed by atoms with Gasteiger partial charge in [-0.05, 0) is 29.1 Å². The average molecular weight is 338 g/mol. The number of nitrogens with zero attached hydrogens (tertiary/aromatic N) is 1. The number of thiophene rings is 1. The molecule has 1 aliphatic rings. The van der Waals surface area contributed by atoms with Gasteiger partial charge in [-0.25, -0.2) is 13.1 Å². The molecule has 2 aromatic rings. The Kier molecular flexibility index (Phi) is 4.77. The molecule has 0 aliphatic carbocycles. The lowest BCUT2D eigenvalue weighted by Crippen LogP contribution is -2.36. The minimum Gasteiger partial charge on any atom is -0.378 e. The lowest BCUT2D eigenvalue weighted by Gasteiger charge is -2.28. The van der Waals surface area contributed by atoms with Gasteiger partial charge in [0.15, 0.2) is 0 Å². The fourth-order valence-corrected chi connectivity index (χ4v) is 4.37. The summed E-state index contributed by atoms with van der Waals surface area (Å²) in [6, 6.07) is 11.3. The molecule has 3 rings (SSSR count). The molecule has 0 spiro atoms. The normalized spacial score (nSPS) is 15.9. The molecule has 2 heterocycles. The smallest absolute Gasteiger partial charge is 0.250 e. The van der Waals surface area contributed by atoms with E-state index in [1.807, 2.05) is 24.3 Å². The van der Waals surface area contributed by atoms with Gasteiger partial charge < -0.3 is 9.64 Å². The van der Waals surface area contributed by atoms with E-state index >= 15 is 0 Å². The average Bonchev–Trinajstić information content (AvgIpc) is 3.10. The molecule has 118 valence electrons. The van der Waals surface area contributed by atoms with Crippen LogP contribution in [0.5, 0.6) is 0 Å². The van der Waals surface area contributed by atoms with Crippen molar-refractivity contribution >= 4 is 27.0 Å². The maximum Gasteiger partial charge on any atom is 0.250 e. The van der Waals surface area contributed by atoms with Crippen molar-refractivity contribution in [1.82, 2.24) is 4.72 Å². The van der Waals surface area contributed by atoms with Crippen LogP contribution >= 0.6 is 11.3 Å². The highest BCUT2D eigenvalue weighted by Crippen LogP contribution is 2.18. The van der Waals surface area contributed by atoms with Gasteiger partial charge in [0.25, 0.3) is 0 Å². The van der Waals surface area contributed by atoms with Crippen molar-refractivity contribution in [2.45, 2.75) is 10.8 Å². The number of rotatable bonds is 5. The van der Waals surface area contributed by atoms with Gasteiger partial charge in [0, 0.05) is 25.3 Å². The van der Waals surface area contributed by atoms with E-state index in [0.29, 0.717) is 10.8 Å². The van der Waals surface area contributed by atoms with E-state index in [4.69, 9.17) is 4.74 Å². The summed E-state index contributed by atoms with van der Waals surface area (Å²) in [7, 11) is -3.40. The molecule has 0 unspecified atom stereocenters. The van der Waals surface area contributed by atoms with Crippen LogP contribution in [0.25, 0.3) is 0 Å². The number of morpholine rings is 1. The van der Waals surface area contributed by atoms with Crippen LogP contribution in [-0.4, -0.2) is 34.7 Å². The maximum atomic E-state index is 12.1. The van der Waals surface area contributed by atoms with Crippen LogP contribution in [0.3, 0.4) is 0 Å². The number of hydrogen-bond acceptors (Lipinski definition) is 5. The Morgan fingerprint density at radius 1 is 1.14 bits per heavy atom. The molecule has 1 aromatic heterocycles. The highest BCUT2D eigenvalue weighted by atomic mass is 32.2. The van der Waals surface area contributed by atoms with E-state index in [1.54, 1.807) is 17.5 Å². The molecule has 1 aliphatic heterocycles. The van der Waals surface area contributed by atoms with Crippen LogP contribution in [-0.2, 0) is 21.3 Å². The summed E-state index contributed by atoms with van der Waals surface area (Å²) in [5.74, 6) is 0. The Bertz CT molecular complexity index is 691. The van der Waals surface area contributed by atoms with Crippen molar-refractivity contribution in [3.63, 3.8) is 0 Å². The molecular formula is C15H18N2O3S2. The summed E-state index contributed by atoms with van der Waals surface area (Å²) >= 11 is 1.22. The van der Waals surface area contributed by atoms with Crippen LogP contribution in [0, 0.1) is 0 Å². The molecular weight excluding hydrogens is 320 g/mol. The van der Waals surface area contributed by atoms with Gasteiger partial charge in [-0.2, -0.15) is 0 Å². The lowest BCUT2D eigenvalue weighted by atomic mass is 10.2. The zero-order valence-electron chi connectivity index (χ0n) is 12.1. The Labute approximate surface area is 134 Å². The van der Waals surface area contributed by atoms with Crippen molar-refractivity contribution in [3.8, 4) is 0 Å². The first-order chi connectivity index (χ1) is 10.6. The third kappa shape index (κ3) is 3.67. The standard InChI is InChI=1S/C15H18N2O3S2/c18-22(19,15-2-1-11-21-15)16-12-13-3-5-14(6-4-13)17-7-9-20-10-8-17/h1-6,11,16H,7-10,12H2. The zero-order chi connectivity index (χ0) is 15.4. The monoisotopic (exact) mass is 338 g/mol. The Morgan fingerprint density at radius 2 is 1.86 bits per heavy atom. The molecule has 1 saturated heterocycles. The second-order valence-electron chi connectivity index (χ2n) is 5.02. The summed E-state index contributed by atoms with van der Waals surface area (Å²) in [6.07, 6.45) is 0. The Hall–Kier alpha value is -1.41. The van der Waals surface area contributed by atoms with Gasteiger partial charge in [0.05, 0.1) is 13.2 Å². The summed E-state index contributed by atoms with van der Waals surface area (Å²) in [6.45, 7) is 3.59. The number of sulfonamides is 1. The van der Waals surface area contributed by atoms with Crippen LogP contribution in [0.1, 0.15) is 5.56 Å². The number of benzene rings is 1. The fourth-order valence-electron chi connectivity index (χ4n) is 2.31. The number of hydrogen-bond donors (Lipinski definition) is 1. The van der Waals surface area contributed by atoms with Gasteiger partial charge in [0.2, 0.25) is 10.0 Å². The predicted molar refractivity (Wildman–Crippen MR) is 87.8 cm³/mol. The summed E-state index contributed by atoms with van der Waals surface area (Å²) in [4.78, 5) is 2.27. The first-order valence-corrected chi connectivity index (χ1v) is 9.46. The van der Waals surface area contributed by atoms with E-state index in [2.05, 4.69) is 9.62 Å². The second kappa shape index (κ2) is 6.78. The van der Waals surface area contributed by atoms with E-state index < -0.39 is 10.0 Å². The minimum absolute atomic E-state index is 0.295. The number of ether oxygens (including phenoxy) is 1. The molecule has 5 nitrogen and oxygen atoms in total. The molecule has 1 N–H and O–H groups in total. The molecule has 1 fully saturated rings. The molecule has 0 atom stereocenters. The maximum absolute atomic E-state index is 12.1. The Balaban J connectivity index is 1.61. The van der Waals surface area contributed by atoms with Gasteiger partial charge in [-0.1, -0.05) is 18.2 Å². The van der Waals surface area contributed by atoms with E-state index in [0.717, 1.165) is 37.6 Å². The summed E-state index contributed by atoms with van der Waals surface area (Å²) < 4.78 is 32.4. The van der Waals surface area contributed by atoms with E-state index in [9.17, 15) is 8.42 Å². The van der Waals surface area contributed by atoms with E-state index in [-0.39, 0.29) is 0 Å². The molecule has 0 bridgehead atoms. The first kappa shape index (κ1) is 15.5. The molecule has 0 amide bonds. The van der Waals surface area contributed by atoms with Crippen LogP contribution in [0.15, 0.2) is 46.0 Å². The third-order valence-electron chi connectivity index (χ3n) is 3.54. The van der Waals surface area contributed by atoms with Crippen molar-refractivity contribution in [2.75, 3.05) is 31.2 Å². The Morgan fingerprint density at radius 3 is 2.50 bits per heavy atom. The molecule has 1 aromatic carbocycles. The third-order valence-corrected chi connectivity index (χ3v) is 6.34. The topological polar surface area (TPSA) is 58.6 Å². The first-order valence-electron chi connectivity index (χ1n) is 7.10. The quantitative estimate of drug-likeness (QED) is 0.907. The van der Waals surface area contributed by atoms with Crippen LogP contribution in [0.2, 0.25) is 0 Å². The van der Waals surface area contributed by atoms with Gasteiger partial charge >= 0.3 is 0 Å². The number of nitrogens with one attached hydrogen (secondary N) is 1. The van der Waals surface area contributed by atoms with Gasteiger partial charge in [0.1, 0.15) is 4.21 Å². The van der Waals surface area contributed by atoms with Crippen molar-refractivity contribution in [2.24, 2.45) is 0 Å². The molecule has 7 heteroatoms. The summed E-state index contributed by atoms with van der Waals surface area (Å²) in [5.41, 5.74) is 2.09. The van der Waals surface area contributed by atoms with E-state index in [1.165, 1.54) is 11.3 Å². The van der Waals surface area contributed by atoms with Crippen molar-refractivity contribution in [3.05, 3.63) is 47.3 Å². The SMILES string of the molecule is O=S(=O)(NCc1ccc(N2CCOCC2)cc1)c1cccs1. The molecule has 0 radical (unpaired) electrons. The zero-order valence-corrected chi connectivity index (χ0v) is 13.7. The van der Waals surface area contributed by atoms with Crippen molar-refractivity contribution < 1.29 is 13.2 Å². The largest absolute Gasteiger partial charge is 0.378 e. The van der Waals surface area contributed by atoms with Gasteiger partial charge in [-0.15, -0.1) is 11.3 Å². The highest BCUT2D eigenvalue weighted by molar-refractivity contribution is 7.91. The minimum atomic E-state index is -3.40. The van der Waals surface area contributed by atoms with Crippen LogP contribution in [0.4, 0.5) is 5.69 Å². The van der Waals surface area contributed by atoms with Gasteiger partial charge in [-0.3, -0.25) is 0 Å². The van der Waals surface area contributed by atoms with Crippen molar-refractivity contribution in [1.29, 1.82) is 0 Å². The predicted octanol–water partition coefficient (Wildman–Crippen LogP) is 2.06. The molecule has 22 heavy (non-hydrogen) atoms. The second-order valence-corrected chi connectivity index (χ2v) is 7.96.